The molecular formula is C12H20F6O2. The summed E-state index contributed by atoms with van der Waals surface area (Å²) in [5.74, 6) is -1.10. The van der Waals surface area contributed by atoms with Crippen molar-refractivity contribution < 1.29 is 36.2 Å². The first-order valence-corrected chi connectivity index (χ1v) is 6.23. The van der Waals surface area contributed by atoms with Gasteiger partial charge in [0.2, 0.25) is 0 Å². The Labute approximate surface area is 114 Å². The van der Waals surface area contributed by atoms with Gasteiger partial charge in [0.25, 0.3) is 6.10 Å². The highest BCUT2D eigenvalue weighted by atomic mass is 19.4. The number of hydrogen-bond acceptors (Lipinski definition) is 2. The summed E-state index contributed by atoms with van der Waals surface area (Å²) in [7, 11) is 0. The van der Waals surface area contributed by atoms with Gasteiger partial charge in [-0.2, -0.15) is 26.3 Å². The van der Waals surface area contributed by atoms with Gasteiger partial charge < -0.3 is 9.84 Å². The number of aliphatic hydroxyl groups is 1. The minimum absolute atomic E-state index is 0.0101. The molecule has 0 aliphatic rings. The summed E-state index contributed by atoms with van der Waals surface area (Å²) >= 11 is 0. The number of alkyl halides is 6. The standard InChI is InChI=1S/C12H20F6O2/c1-6(2)5-8(7(3)4)9(19)20-10(11(13,14)15)12(16,17)18/h6-10,19H,5H2,1-4H3. The molecule has 0 saturated heterocycles. The first-order chi connectivity index (χ1) is 8.76. The smallest absolute Gasteiger partial charge is 0.368 e. The van der Waals surface area contributed by atoms with Crippen LogP contribution in [0.5, 0.6) is 0 Å². The second-order valence-electron chi connectivity index (χ2n) is 5.53. The van der Waals surface area contributed by atoms with Crippen LogP contribution in [0, 0.1) is 17.8 Å². The maximum Gasteiger partial charge on any atom is 0.423 e. The maximum absolute atomic E-state index is 12.3. The van der Waals surface area contributed by atoms with Crippen molar-refractivity contribution in [2.75, 3.05) is 0 Å². The zero-order valence-electron chi connectivity index (χ0n) is 11.7. The average Bonchev–Trinajstić information content (AvgIpc) is 2.18. The van der Waals surface area contributed by atoms with Gasteiger partial charge in [0.15, 0.2) is 6.29 Å². The third-order valence-electron chi connectivity index (χ3n) is 2.84. The van der Waals surface area contributed by atoms with Crippen LogP contribution in [0.2, 0.25) is 0 Å². The number of hydrogen-bond donors (Lipinski definition) is 1. The van der Waals surface area contributed by atoms with Crippen molar-refractivity contribution in [3.8, 4) is 0 Å². The molecule has 0 aromatic rings. The minimum Gasteiger partial charge on any atom is -0.368 e. The van der Waals surface area contributed by atoms with Crippen LogP contribution in [-0.2, 0) is 4.74 Å². The Bertz CT molecular complexity index is 271. The summed E-state index contributed by atoms with van der Waals surface area (Å²) in [6, 6.07) is 0. The van der Waals surface area contributed by atoms with Crippen molar-refractivity contribution in [3.63, 3.8) is 0 Å². The summed E-state index contributed by atoms with van der Waals surface area (Å²) in [5.41, 5.74) is 0. The van der Waals surface area contributed by atoms with Crippen LogP contribution < -0.4 is 0 Å². The molecule has 8 heteroatoms. The molecule has 0 bridgehead atoms. The number of halogens is 6. The molecule has 0 spiro atoms. The third-order valence-corrected chi connectivity index (χ3v) is 2.84. The monoisotopic (exact) mass is 310 g/mol. The van der Waals surface area contributed by atoms with Crippen LogP contribution in [0.25, 0.3) is 0 Å². The molecule has 0 saturated carbocycles. The molecule has 122 valence electrons. The average molecular weight is 310 g/mol. The van der Waals surface area contributed by atoms with E-state index in [4.69, 9.17) is 0 Å². The summed E-state index contributed by atoms with van der Waals surface area (Å²) in [4.78, 5) is 0. The van der Waals surface area contributed by atoms with Crippen molar-refractivity contribution in [2.24, 2.45) is 17.8 Å². The topological polar surface area (TPSA) is 29.5 Å². The molecule has 0 aromatic heterocycles. The summed E-state index contributed by atoms with van der Waals surface area (Å²) in [6.07, 6.45) is -17.1. The van der Waals surface area contributed by atoms with Crippen molar-refractivity contribution in [1.82, 2.24) is 0 Å². The van der Waals surface area contributed by atoms with E-state index in [1.165, 1.54) is 0 Å². The van der Waals surface area contributed by atoms with E-state index in [1.807, 2.05) is 0 Å². The van der Waals surface area contributed by atoms with E-state index >= 15 is 0 Å². The van der Waals surface area contributed by atoms with E-state index in [0.717, 1.165) is 0 Å². The Hall–Kier alpha value is -0.500. The predicted octanol–water partition coefficient (Wildman–Crippen LogP) is 4.13. The molecule has 2 nitrogen and oxygen atoms in total. The summed E-state index contributed by atoms with van der Waals surface area (Å²) in [5, 5.41) is 9.60. The fourth-order valence-corrected chi connectivity index (χ4v) is 1.84. The molecule has 0 rings (SSSR count). The van der Waals surface area contributed by atoms with Gasteiger partial charge in [0.1, 0.15) is 0 Å². The van der Waals surface area contributed by atoms with Crippen molar-refractivity contribution in [3.05, 3.63) is 0 Å². The van der Waals surface area contributed by atoms with E-state index < -0.39 is 30.7 Å². The Morgan fingerprint density at radius 2 is 1.30 bits per heavy atom. The Kier molecular flexibility index (Phi) is 6.80. The highest BCUT2D eigenvalue weighted by molar-refractivity contribution is 4.78. The summed E-state index contributed by atoms with van der Waals surface area (Å²) in [6.45, 7) is 6.73. The molecule has 2 atom stereocenters. The number of rotatable bonds is 6. The molecule has 0 heterocycles. The molecule has 0 fully saturated rings. The van der Waals surface area contributed by atoms with Crippen LogP contribution in [-0.4, -0.2) is 29.9 Å². The molecular weight excluding hydrogens is 290 g/mol. The Morgan fingerprint density at radius 1 is 0.900 bits per heavy atom. The van der Waals surface area contributed by atoms with Gasteiger partial charge in [0.05, 0.1) is 0 Å². The number of ether oxygens (including phenoxy) is 1. The fourth-order valence-electron chi connectivity index (χ4n) is 1.84. The molecule has 0 radical (unpaired) electrons. The molecule has 0 aromatic carbocycles. The second-order valence-corrected chi connectivity index (χ2v) is 5.53. The van der Waals surface area contributed by atoms with Crippen molar-refractivity contribution in [1.29, 1.82) is 0 Å². The van der Waals surface area contributed by atoms with Crippen LogP contribution in [0.3, 0.4) is 0 Å². The van der Waals surface area contributed by atoms with Crippen LogP contribution in [0.1, 0.15) is 34.1 Å². The van der Waals surface area contributed by atoms with Crippen LogP contribution in [0.15, 0.2) is 0 Å². The van der Waals surface area contributed by atoms with Gasteiger partial charge in [0, 0.05) is 5.92 Å². The molecule has 0 aliphatic heterocycles. The van der Waals surface area contributed by atoms with Gasteiger partial charge in [-0.05, 0) is 18.3 Å². The van der Waals surface area contributed by atoms with Gasteiger partial charge in [-0.15, -0.1) is 0 Å². The van der Waals surface area contributed by atoms with Gasteiger partial charge in [-0.25, -0.2) is 0 Å². The summed E-state index contributed by atoms with van der Waals surface area (Å²) < 4.78 is 78.0. The van der Waals surface area contributed by atoms with Gasteiger partial charge in [-0.3, -0.25) is 0 Å². The molecule has 20 heavy (non-hydrogen) atoms. The molecule has 1 N–H and O–H groups in total. The van der Waals surface area contributed by atoms with Crippen molar-refractivity contribution in [2.45, 2.75) is 58.9 Å². The van der Waals surface area contributed by atoms with E-state index in [2.05, 4.69) is 4.74 Å². The van der Waals surface area contributed by atoms with E-state index in [-0.39, 0.29) is 18.3 Å². The van der Waals surface area contributed by atoms with Crippen LogP contribution in [0.4, 0.5) is 26.3 Å². The highest BCUT2D eigenvalue weighted by Crippen LogP contribution is 2.38. The van der Waals surface area contributed by atoms with Crippen LogP contribution >= 0.6 is 0 Å². The lowest BCUT2D eigenvalue weighted by Gasteiger charge is -2.32. The molecule has 0 aliphatic carbocycles. The largest absolute Gasteiger partial charge is 0.423 e. The fraction of sp³-hybridized carbons (Fsp3) is 1.00. The van der Waals surface area contributed by atoms with E-state index in [9.17, 15) is 31.4 Å². The Morgan fingerprint density at radius 3 is 1.55 bits per heavy atom. The first-order valence-electron chi connectivity index (χ1n) is 6.23. The quantitative estimate of drug-likeness (QED) is 0.590. The maximum atomic E-state index is 12.3. The lowest BCUT2D eigenvalue weighted by atomic mass is 9.87. The third kappa shape index (κ3) is 6.30. The first kappa shape index (κ1) is 19.5. The van der Waals surface area contributed by atoms with Crippen molar-refractivity contribution >= 4 is 0 Å². The SMILES string of the molecule is CC(C)CC(C(C)C)C(O)OC(C(F)(F)F)C(F)(F)F. The lowest BCUT2D eigenvalue weighted by Crippen LogP contribution is -2.48. The lowest BCUT2D eigenvalue weighted by molar-refractivity contribution is -0.355. The Balaban J connectivity index is 5.02. The molecule has 2 unspecified atom stereocenters. The van der Waals surface area contributed by atoms with E-state index in [1.54, 1.807) is 27.7 Å². The van der Waals surface area contributed by atoms with E-state index in [0.29, 0.717) is 0 Å². The minimum atomic E-state index is -5.61. The number of aliphatic hydroxyl groups excluding tert-OH is 1. The second kappa shape index (κ2) is 6.98. The highest BCUT2D eigenvalue weighted by Gasteiger charge is 2.59. The van der Waals surface area contributed by atoms with Gasteiger partial charge in [-0.1, -0.05) is 27.7 Å². The molecule has 0 amide bonds. The van der Waals surface area contributed by atoms with Gasteiger partial charge >= 0.3 is 12.4 Å². The predicted molar refractivity (Wildman–Crippen MR) is 60.8 cm³/mol. The normalized spacial score (nSPS) is 17.1. The zero-order chi connectivity index (χ0) is 16.3. The zero-order valence-corrected chi connectivity index (χ0v) is 11.7.